The first kappa shape index (κ1) is 12.2. The van der Waals surface area contributed by atoms with E-state index < -0.39 is 0 Å². The third-order valence-corrected chi connectivity index (χ3v) is 2.62. The molecule has 1 N–H and O–H groups in total. The van der Waals surface area contributed by atoms with Crippen LogP contribution in [0.2, 0.25) is 0 Å². The van der Waals surface area contributed by atoms with Gasteiger partial charge in [-0.05, 0) is 34.5 Å². The van der Waals surface area contributed by atoms with E-state index in [1.165, 1.54) is 0 Å². The molecule has 0 atom stereocenters. The van der Waals surface area contributed by atoms with E-state index in [0.717, 1.165) is 10.9 Å². The van der Waals surface area contributed by atoms with Gasteiger partial charge in [0, 0.05) is 24.7 Å². The first-order valence-corrected chi connectivity index (χ1v) is 5.56. The van der Waals surface area contributed by atoms with Gasteiger partial charge in [-0.1, -0.05) is 12.1 Å². The highest BCUT2D eigenvalue weighted by Gasteiger charge is 2.07. The molecule has 0 unspecified atom stereocenters. The number of halogens is 1. The van der Waals surface area contributed by atoms with Crippen LogP contribution in [-0.2, 0) is 4.74 Å². The number of benzene rings is 1. The molecule has 0 radical (unpaired) electrons. The molecule has 0 saturated heterocycles. The average Bonchev–Trinajstić information content (AvgIpc) is 2.25. The first-order chi connectivity index (χ1) is 7.25. The monoisotopic (exact) mass is 271 g/mol. The molecule has 1 rings (SSSR count). The van der Waals surface area contributed by atoms with Crippen molar-refractivity contribution in [3.63, 3.8) is 0 Å². The van der Waals surface area contributed by atoms with E-state index in [-0.39, 0.29) is 5.91 Å². The van der Waals surface area contributed by atoms with Crippen molar-refractivity contribution in [3.8, 4) is 0 Å². The summed E-state index contributed by atoms with van der Waals surface area (Å²) in [4.78, 5) is 11.6. The number of carbonyl (C=O) groups excluding carboxylic acids is 1. The summed E-state index contributed by atoms with van der Waals surface area (Å²) in [5, 5.41) is 2.83. The molecule has 4 heteroatoms. The van der Waals surface area contributed by atoms with Crippen molar-refractivity contribution in [3.05, 3.63) is 34.3 Å². The average molecular weight is 272 g/mol. The van der Waals surface area contributed by atoms with E-state index in [2.05, 4.69) is 21.2 Å². The van der Waals surface area contributed by atoms with Gasteiger partial charge in [0.25, 0.3) is 5.91 Å². The van der Waals surface area contributed by atoms with Gasteiger partial charge in [-0.15, -0.1) is 0 Å². The van der Waals surface area contributed by atoms with E-state index in [1.54, 1.807) is 13.2 Å². The molecule has 15 heavy (non-hydrogen) atoms. The summed E-state index contributed by atoms with van der Waals surface area (Å²) >= 11 is 3.33. The van der Waals surface area contributed by atoms with Gasteiger partial charge in [0.1, 0.15) is 0 Å². The quantitative estimate of drug-likeness (QED) is 0.835. The normalized spacial score (nSPS) is 10.0. The van der Waals surface area contributed by atoms with Gasteiger partial charge >= 0.3 is 0 Å². The number of amides is 1. The van der Waals surface area contributed by atoms with E-state index in [4.69, 9.17) is 4.74 Å². The van der Waals surface area contributed by atoms with Crippen molar-refractivity contribution in [2.45, 2.75) is 6.42 Å². The molecule has 0 aliphatic carbocycles. The summed E-state index contributed by atoms with van der Waals surface area (Å²) in [5.41, 5.74) is 0.662. The Hall–Kier alpha value is -0.870. The zero-order valence-electron chi connectivity index (χ0n) is 8.63. The Morgan fingerprint density at radius 1 is 1.47 bits per heavy atom. The van der Waals surface area contributed by atoms with Crippen molar-refractivity contribution < 1.29 is 9.53 Å². The highest BCUT2D eigenvalue weighted by atomic mass is 79.9. The number of carbonyl (C=O) groups is 1. The van der Waals surface area contributed by atoms with Crippen molar-refractivity contribution in [2.24, 2.45) is 0 Å². The molecular formula is C11H14BrNO2. The summed E-state index contributed by atoms with van der Waals surface area (Å²) in [7, 11) is 1.65. The minimum Gasteiger partial charge on any atom is -0.385 e. The molecule has 0 aliphatic rings. The van der Waals surface area contributed by atoms with Crippen LogP contribution < -0.4 is 5.32 Å². The van der Waals surface area contributed by atoms with E-state index in [9.17, 15) is 4.79 Å². The molecule has 0 saturated carbocycles. The third-order valence-electron chi connectivity index (χ3n) is 1.93. The Labute approximate surface area is 97.9 Å². The number of hydrogen-bond acceptors (Lipinski definition) is 2. The number of rotatable bonds is 5. The van der Waals surface area contributed by atoms with Crippen LogP contribution in [-0.4, -0.2) is 26.2 Å². The summed E-state index contributed by atoms with van der Waals surface area (Å²) in [6.45, 7) is 1.30. The Balaban J connectivity index is 2.44. The number of hydrogen-bond donors (Lipinski definition) is 1. The Bertz CT molecular complexity index is 328. The topological polar surface area (TPSA) is 38.3 Å². The number of nitrogens with one attached hydrogen (secondary N) is 1. The van der Waals surface area contributed by atoms with Crippen molar-refractivity contribution in [1.29, 1.82) is 0 Å². The summed E-state index contributed by atoms with van der Waals surface area (Å²) in [6, 6.07) is 7.36. The Morgan fingerprint density at radius 2 is 2.20 bits per heavy atom. The zero-order chi connectivity index (χ0) is 11.1. The highest BCUT2D eigenvalue weighted by molar-refractivity contribution is 9.10. The summed E-state index contributed by atoms with van der Waals surface area (Å²) in [5.74, 6) is -0.0569. The molecule has 1 aromatic rings. The maximum absolute atomic E-state index is 11.6. The van der Waals surface area contributed by atoms with E-state index in [1.807, 2.05) is 18.2 Å². The van der Waals surface area contributed by atoms with Gasteiger partial charge in [0.15, 0.2) is 0 Å². The maximum Gasteiger partial charge on any atom is 0.252 e. The SMILES string of the molecule is COCCCNC(=O)c1ccccc1Br. The second-order valence-electron chi connectivity index (χ2n) is 3.08. The van der Waals surface area contributed by atoms with Crippen LogP contribution in [0.1, 0.15) is 16.8 Å². The fourth-order valence-corrected chi connectivity index (χ4v) is 1.62. The van der Waals surface area contributed by atoms with E-state index in [0.29, 0.717) is 18.7 Å². The highest BCUT2D eigenvalue weighted by Crippen LogP contribution is 2.15. The van der Waals surface area contributed by atoms with E-state index >= 15 is 0 Å². The minimum atomic E-state index is -0.0569. The lowest BCUT2D eigenvalue weighted by Gasteiger charge is -2.06. The van der Waals surface area contributed by atoms with Crippen molar-refractivity contribution in [2.75, 3.05) is 20.3 Å². The van der Waals surface area contributed by atoms with Gasteiger partial charge < -0.3 is 10.1 Å². The third kappa shape index (κ3) is 4.01. The van der Waals surface area contributed by atoms with Gasteiger partial charge in [0.05, 0.1) is 5.56 Å². The molecule has 0 fully saturated rings. The second-order valence-corrected chi connectivity index (χ2v) is 3.94. The molecule has 0 bridgehead atoms. The number of ether oxygens (including phenoxy) is 1. The largest absolute Gasteiger partial charge is 0.385 e. The van der Waals surface area contributed by atoms with Crippen LogP contribution in [0.5, 0.6) is 0 Å². The molecule has 0 heterocycles. The predicted octanol–water partition coefficient (Wildman–Crippen LogP) is 2.22. The summed E-state index contributed by atoms with van der Waals surface area (Å²) < 4.78 is 5.71. The van der Waals surface area contributed by atoms with Gasteiger partial charge in [0.2, 0.25) is 0 Å². The van der Waals surface area contributed by atoms with Crippen LogP contribution in [0.4, 0.5) is 0 Å². The van der Waals surface area contributed by atoms with Crippen LogP contribution in [0.15, 0.2) is 28.7 Å². The van der Waals surface area contributed by atoms with Gasteiger partial charge in [-0.25, -0.2) is 0 Å². The minimum absolute atomic E-state index is 0.0569. The number of methoxy groups -OCH3 is 1. The molecule has 1 aromatic carbocycles. The molecular weight excluding hydrogens is 258 g/mol. The van der Waals surface area contributed by atoms with Gasteiger partial charge in [-0.3, -0.25) is 4.79 Å². The Kier molecular flexibility index (Phi) is 5.36. The fourth-order valence-electron chi connectivity index (χ4n) is 1.16. The fraction of sp³-hybridized carbons (Fsp3) is 0.364. The molecule has 0 aromatic heterocycles. The summed E-state index contributed by atoms with van der Waals surface area (Å²) in [6.07, 6.45) is 0.826. The lowest BCUT2D eigenvalue weighted by Crippen LogP contribution is -2.25. The molecule has 3 nitrogen and oxygen atoms in total. The molecule has 0 spiro atoms. The van der Waals surface area contributed by atoms with Gasteiger partial charge in [-0.2, -0.15) is 0 Å². The maximum atomic E-state index is 11.6. The lowest BCUT2D eigenvalue weighted by molar-refractivity contribution is 0.0948. The zero-order valence-corrected chi connectivity index (χ0v) is 10.2. The predicted molar refractivity (Wildman–Crippen MR) is 63.0 cm³/mol. The van der Waals surface area contributed by atoms with Crippen molar-refractivity contribution in [1.82, 2.24) is 5.32 Å². The first-order valence-electron chi connectivity index (χ1n) is 4.77. The second kappa shape index (κ2) is 6.58. The van der Waals surface area contributed by atoms with Crippen molar-refractivity contribution >= 4 is 21.8 Å². The lowest BCUT2D eigenvalue weighted by atomic mass is 10.2. The molecule has 1 amide bonds. The van der Waals surface area contributed by atoms with Crippen LogP contribution >= 0.6 is 15.9 Å². The molecule has 82 valence electrons. The van der Waals surface area contributed by atoms with Crippen LogP contribution in [0.25, 0.3) is 0 Å². The Morgan fingerprint density at radius 3 is 2.87 bits per heavy atom. The smallest absolute Gasteiger partial charge is 0.252 e. The standard InChI is InChI=1S/C11H14BrNO2/c1-15-8-4-7-13-11(14)9-5-2-3-6-10(9)12/h2-3,5-6H,4,7-8H2,1H3,(H,13,14). The van der Waals surface area contributed by atoms with Crippen LogP contribution in [0.3, 0.4) is 0 Å². The molecule has 0 aliphatic heterocycles. The van der Waals surface area contributed by atoms with Crippen LogP contribution in [0, 0.1) is 0 Å².